The number of amides is 2. The predicted octanol–water partition coefficient (Wildman–Crippen LogP) is -1.10. The number of hydrogen-bond donors (Lipinski definition) is 0. The molecule has 1 aliphatic heterocycles. The Morgan fingerprint density at radius 1 is 1.45 bits per heavy atom. The third-order valence-electron chi connectivity index (χ3n) is 0.956. The summed E-state index contributed by atoms with van der Waals surface area (Å²) in [5, 5.41) is 0.418. The molecule has 0 saturated carbocycles. The molecule has 6 nitrogen and oxygen atoms in total. The fraction of sp³-hybridized carbons (Fsp3) is 0.500. The number of nitrogens with zero attached hydrogens (tertiary/aromatic N) is 1. The van der Waals surface area contributed by atoms with Gasteiger partial charge in [-0.25, -0.2) is 4.21 Å². The van der Waals surface area contributed by atoms with Crippen LogP contribution in [-0.2, 0) is 30.0 Å². The largest absolute Gasteiger partial charge is 0.271 e. The second kappa shape index (κ2) is 3.07. The number of carbonyl (C=O) groups excluding carboxylic acids is 2. The molecule has 2 amide bonds. The first-order valence-electron chi connectivity index (χ1n) is 2.65. The molecular formula is C4H5NO5S. The van der Waals surface area contributed by atoms with Gasteiger partial charge in [0.2, 0.25) is 0 Å². The lowest BCUT2D eigenvalue weighted by Gasteiger charge is -2.23. The minimum atomic E-state index is -1.65. The summed E-state index contributed by atoms with van der Waals surface area (Å²) in [6.45, 7) is 0. The molecule has 0 bridgehead atoms. The summed E-state index contributed by atoms with van der Waals surface area (Å²) in [5.74, 6) is -0.999. The molecular weight excluding hydrogens is 174 g/mol. The Kier molecular flexibility index (Phi) is 2.32. The topological polar surface area (TPSA) is 72.9 Å². The predicted molar refractivity (Wildman–Crippen MR) is 32.7 cm³/mol. The summed E-state index contributed by atoms with van der Waals surface area (Å²) in [7, 11) is 0. The number of carbonyl (C=O) groups is 2. The summed E-state index contributed by atoms with van der Waals surface area (Å²) in [5.41, 5.74) is 0. The maximum absolute atomic E-state index is 10.5. The van der Waals surface area contributed by atoms with Gasteiger partial charge in [-0.3, -0.25) is 9.59 Å². The SMILES string of the molecule is CS(=O)OON1C(=O)CC1=O. The van der Waals surface area contributed by atoms with Crippen LogP contribution in [0.3, 0.4) is 0 Å². The molecule has 1 heterocycles. The zero-order chi connectivity index (χ0) is 8.43. The third kappa shape index (κ3) is 1.82. The van der Waals surface area contributed by atoms with E-state index in [1.165, 1.54) is 6.26 Å². The second-order valence-electron chi connectivity index (χ2n) is 1.80. The van der Waals surface area contributed by atoms with Crippen LogP contribution in [0.4, 0.5) is 0 Å². The van der Waals surface area contributed by atoms with Gasteiger partial charge in [0.15, 0.2) is 11.1 Å². The van der Waals surface area contributed by atoms with Crippen molar-refractivity contribution < 1.29 is 23.1 Å². The van der Waals surface area contributed by atoms with Gasteiger partial charge in [-0.1, -0.05) is 4.99 Å². The van der Waals surface area contributed by atoms with E-state index in [1.807, 2.05) is 0 Å². The van der Waals surface area contributed by atoms with Crippen molar-refractivity contribution in [2.75, 3.05) is 6.26 Å². The highest BCUT2D eigenvalue weighted by Crippen LogP contribution is 2.11. The van der Waals surface area contributed by atoms with E-state index >= 15 is 0 Å². The molecule has 0 aromatic rings. The fourth-order valence-electron chi connectivity index (χ4n) is 0.477. The van der Waals surface area contributed by atoms with Gasteiger partial charge in [0.1, 0.15) is 6.42 Å². The van der Waals surface area contributed by atoms with Crippen LogP contribution in [0.5, 0.6) is 0 Å². The Balaban J connectivity index is 2.32. The molecule has 0 radical (unpaired) electrons. The molecule has 1 fully saturated rings. The van der Waals surface area contributed by atoms with Crippen molar-refractivity contribution in [3.05, 3.63) is 0 Å². The molecule has 0 spiro atoms. The van der Waals surface area contributed by atoms with E-state index < -0.39 is 22.9 Å². The summed E-state index contributed by atoms with van der Waals surface area (Å²) in [4.78, 5) is 25.0. The Morgan fingerprint density at radius 3 is 2.36 bits per heavy atom. The summed E-state index contributed by atoms with van der Waals surface area (Å²) >= 11 is -1.65. The van der Waals surface area contributed by atoms with Crippen molar-refractivity contribution in [2.45, 2.75) is 6.42 Å². The van der Waals surface area contributed by atoms with Crippen molar-refractivity contribution in [3.8, 4) is 0 Å². The second-order valence-corrected chi connectivity index (χ2v) is 2.74. The normalized spacial score (nSPS) is 19.9. The molecule has 0 aliphatic carbocycles. The molecule has 62 valence electrons. The maximum Gasteiger partial charge on any atom is 0.265 e. The lowest BCUT2D eigenvalue weighted by molar-refractivity contribution is -0.340. The van der Waals surface area contributed by atoms with Gasteiger partial charge in [0, 0.05) is 6.26 Å². The molecule has 1 unspecified atom stereocenters. The van der Waals surface area contributed by atoms with Gasteiger partial charge >= 0.3 is 0 Å². The highest BCUT2D eigenvalue weighted by atomic mass is 32.2. The first-order valence-corrected chi connectivity index (χ1v) is 4.14. The summed E-state index contributed by atoms with van der Waals surface area (Å²) < 4.78 is 14.3. The number of hydroxylamine groups is 2. The quantitative estimate of drug-likeness (QED) is 0.238. The standard InChI is InChI=1S/C4H5NO5S/c1-11(8)10-9-5-3(6)2-4(5)7/h2H2,1H3. The van der Waals surface area contributed by atoms with Gasteiger partial charge in [-0.2, -0.15) is 0 Å². The molecule has 0 aromatic heterocycles. The van der Waals surface area contributed by atoms with Crippen LogP contribution in [0.2, 0.25) is 0 Å². The number of hydrogen-bond acceptors (Lipinski definition) is 5. The first kappa shape index (κ1) is 8.31. The minimum absolute atomic E-state index is 0.181. The van der Waals surface area contributed by atoms with Crippen molar-refractivity contribution in [3.63, 3.8) is 0 Å². The van der Waals surface area contributed by atoms with E-state index in [-0.39, 0.29) is 6.42 Å². The molecule has 0 N–H and O–H groups in total. The van der Waals surface area contributed by atoms with E-state index in [9.17, 15) is 13.8 Å². The van der Waals surface area contributed by atoms with E-state index in [2.05, 4.69) is 9.32 Å². The number of imide groups is 1. The van der Waals surface area contributed by atoms with Crippen LogP contribution < -0.4 is 0 Å². The van der Waals surface area contributed by atoms with E-state index in [0.29, 0.717) is 5.06 Å². The van der Waals surface area contributed by atoms with Crippen molar-refractivity contribution in [1.82, 2.24) is 5.06 Å². The average molecular weight is 179 g/mol. The van der Waals surface area contributed by atoms with E-state index in [4.69, 9.17) is 0 Å². The Hall–Kier alpha value is -0.790. The Bertz CT molecular complexity index is 213. The molecule has 1 aliphatic rings. The van der Waals surface area contributed by atoms with Crippen LogP contribution in [0, 0.1) is 0 Å². The van der Waals surface area contributed by atoms with Gasteiger partial charge in [-0.05, 0) is 0 Å². The van der Waals surface area contributed by atoms with Crippen LogP contribution in [0.1, 0.15) is 6.42 Å². The Morgan fingerprint density at radius 2 is 2.00 bits per heavy atom. The molecule has 7 heteroatoms. The third-order valence-corrected chi connectivity index (χ3v) is 1.21. The minimum Gasteiger partial charge on any atom is -0.271 e. The van der Waals surface area contributed by atoms with Gasteiger partial charge in [0.25, 0.3) is 11.8 Å². The molecule has 0 aromatic carbocycles. The van der Waals surface area contributed by atoms with E-state index in [0.717, 1.165) is 0 Å². The zero-order valence-corrected chi connectivity index (χ0v) is 6.42. The smallest absolute Gasteiger partial charge is 0.265 e. The molecule has 1 saturated heterocycles. The lowest BCUT2D eigenvalue weighted by atomic mass is 10.2. The van der Waals surface area contributed by atoms with Crippen molar-refractivity contribution >= 4 is 22.9 Å². The highest BCUT2D eigenvalue weighted by molar-refractivity contribution is 7.79. The van der Waals surface area contributed by atoms with Crippen LogP contribution in [-0.4, -0.2) is 27.3 Å². The summed E-state index contributed by atoms with van der Waals surface area (Å²) in [6, 6.07) is 0. The van der Waals surface area contributed by atoms with Gasteiger partial charge < -0.3 is 0 Å². The fourth-order valence-corrected chi connectivity index (χ4v) is 0.624. The lowest BCUT2D eigenvalue weighted by Crippen LogP contribution is -2.48. The van der Waals surface area contributed by atoms with Crippen molar-refractivity contribution in [1.29, 1.82) is 0 Å². The van der Waals surface area contributed by atoms with Crippen LogP contribution in [0.25, 0.3) is 0 Å². The monoisotopic (exact) mass is 179 g/mol. The van der Waals surface area contributed by atoms with Crippen LogP contribution >= 0.6 is 0 Å². The number of β-lactam (4-membered cyclic amide) rings is 2. The first-order chi connectivity index (χ1) is 5.11. The van der Waals surface area contributed by atoms with Crippen LogP contribution in [0.15, 0.2) is 0 Å². The van der Waals surface area contributed by atoms with Gasteiger partial charge in [-0.15, -0.1) is 9.40 Å². The van der Waals surface area contributed by atoms with E-state index in [1.54, 1.807) is 0 Å². The van der Waals surface area contributed by atoms with Crippen molar-refractivity contribution in [2.24, 2.45) is 0 Å². The maximum atomic E-state index is 10.5. The molecule has 1 atom stereocenters. The highest BCUT2D eigenvalue weighted by Gasteiger charge is 2.37. The molecule has 11 heavy (non-hydrogen) atoms. The average Bonchev–Trinajstić information content (AvgIpc) is 1.86. The van der Waals surface area contributed by atoms with Gasteiger partial charge in [0.05, 0.1) is 0 Å². The zero-order valence-electron chi connectivity index (χ0n) is 5.60. The summed E-state index contributed by atoms with van der Waals surface area (Å²) in [6.07, 6.45) is 1.02. The number of rotatable bonds is 3. The molecule has 1 rings (SSSR count). The Labute approximate surface area is 64.6 Å².